The molecule has 0 fully saturated rings. The second kappa shape index (κ2) is 11.7. The zero-order valence-electron chi connectivity index (χ0n) is 19.7. The average Bonchev–Trinajstić information content (AvgIpc) is 2.89. The largest absolute Gasteiger partial charge is 0.501 e. The number of hydrogen-bond acceptors (Lipinski definition) is 7. The Morgan fingerprint density at radius 3 is 1.47 bits per heavy atom. The van der Waals surface area contributed by atoms with E-state index in [1.165, 1.54) is 67.1 Å². The fourth-order valence-corrected chi connectivity index (χ4v) is 3.98. The Bertz CT molecular complexity index is 1700. The standard InChI is InChI=1S/C27H21N3O7S/c31-25-22-16-10-4-1-8-14-20-29(25)30-21-15-9-3-6-12-18-24(27(30)33)37-38(34,35)36-23-17-11-5-2-7-13-19-28(22)26(23)32/h1-21H. The van der Waals surface area contributed by atoms with Crippen LogP contribution in [0.3, 0.4) is 0 Å². The van der Waals surface area contributed by atoms with E-state index in [-0.39, 0.29) is 5.69 Å². The molecule has 0 aromatic carbocycles. The predicted molar refractivity (Wildman–Crippen MR) is 141 cm³/mol. The van der Waals surface area contributed by atoms with Crippen molar-refractivity contribution in [2.24, 2.45) is 0 Å². The number of hydrogen-bond donors (Lipinski definition) is 0. The molecule has 3 aromatic rings. The van der Waals surface area contributed by atoms with Crippen molar-refractivity contribution in [2.45, 2.75) is 0 Å². The van der Waals surface area contributed by atoms with Crippen molar-refractivity contribution < 1.29 is 16.8 Å². The molecule has 0 saturated carbocycles. The van der Waals surface area contributed by atoms with E-state index >= 15 is 0 Å². The van der Waals surface area contributed by atoms with Gasteiger partial charge in [-0.1, -0.05) is 72.8 Å². The highest BCUT2D eigenvalue weighted by Gasteiger charge is 2.22. The van der Waals surface area contributed by atoms with Gasteiger partial charge in [-0.3, -0.25) is 19.0 Å². The van der Waals surface area contributed by atoms with E-state index in [1.54, 1.807) is 48.5 Å². The normalized spacial score (nSPS) is 12.3. The molecule has 0 amide bonds. The number of nitrogens with zero attached hydrogens (tertiary/aromatic N) is 3. The van der Waals surface area contributed by atoms with E-state index in [2.05, 4.69) is 0 Å². The minimum absolute atomic E-state index is 0.215. The summed E-state index contributed by atoms with van der Waals surface area (Å²) in [5.41, 5.74) is -3.01. The minimum Gasteiger partial charge on any atom is -0.347 e. The van der Waals surface area contributed by atoms with E-state index in [4.69, 9.17) is 8.37 Å². The lowest BCUT2D eigenvalue weighted by atomic mass is 10.3. The average molecular weight is 532 g/mol. The summed E-state index contributed by atoms with van der Waals surface area (Å²) in [5.74, 6) is -1.37. The van der Waals surface area contributed by atoms with Crippen LogP contribution in [-0.4, -0.2) is 22.3 Å². The Balaban J connectivity index is 2.36. The first-order chi connectivity index (χ1) is 18.4. The minimum atomic E-state index is -4.99. The summed E-state index contributed by atoms with van der Waals surface area (Å²) in [4.78, 5) is 41.2. The van der Waals surface area contributed by atoms with Crippen molar-refractivity contribution in [3.05, 3.63) is 159 Å². The molecule has 38 heavy (non-hydrogen) atoms. The highest BCUT2D eigenvalue weighted by atomic mass is 32.3. The maximum atomic E-state index is 14.0. The first kappa shape index (κ1) is 25.9. The monoisotopic (exact) mass is 531 g/mol. The van der Waals surface area contributed by atoms with Crippen LogP contribution in [0.4, 0.5) is 0 Å². The van der Waals surface area contributed by atoms with Gasteiger partial charge in [-0.25, -0.2) is 9.35 Å². The second-order valence-electron chi connectivity index (χ2n) is 7.50. The van der Waals surface area contributed by atoms with Crippen molar-refractivity contribution in [3.8, 4) is 17.2 Å². The second-order valence-corrected chi connectivity index (χ2v) is 8.65. The van der Waals surface area contributed by atoms with E-state index in [1.807, 2.05) is 0 Å². The molecule has 4 rings (SSSR count). The molecule has 0 saturated heterocycles. The van der Waals surface area contributed by atoms with Crippen molar-refractivity contribution >= 4 is 10.4 Å². The van der Waals surface area contributed by atoms with E-state index in [0.717, 1.165) is 26.1 Å². The molecule has 192 valence electrons. The van der Waals surface area contributed by atoms with E-state index in [9.17, 15) is 22.8 Å². The third kappa shape index (κ3) is 6.15. The molecule has 4 heterocycles. The molecule has 1 aliphatic heterocycles. The van der Waals surface area contributed by atoms with Crippen LogP contribution >= 0.6 is 0 Å². The zero-order chi connectivity index (χ0) is 27.0. The van der Waals surface area contributed by atoms with Crippen molar-refractivity contribution in [3.63, 3.8) is 0 Å². The molecule has 1 aliphatic rings. The molecular formula is C27H21N3O7S. The number of aromatic nitrogens is 3. The third-order valence-electron chi connectivity index (χ3n) is 4.92. The quantitative estimate of drug-likeness (QED) is 0.438. The topological polar surface area (TPSA) is 119 Å². The fourth-order valence-electron chi connectivity index (χ4n) is 3.25. The summed E-state index contributed by atoms with van der Waals surface area (Å²) >= 11 is 0. The van der Waals surface area contributed by atoms with Gasteiger partial charge in [0, 0.05) is 18.6 Å². The Morgan fingerprint density at radius 1 is 0.474 bits per heavy atom. The molecule has 0 unspecified atom stereocenters. The van der Waals surface area contributed by atoms with Gasteiger partial charge >= 0.3 is 16.0 Å². The van der Waals surface area contributed by atoms with Gasteiger partial charge in [-0.15, -0.1) is 8.42 Å². The molecule has 6 bridgehead atoms. The highest BCUT2D eigenvalue weighted by Crippen LogP contribution is 2.11. The van der Waals surface area contributed by atoms with Crippen molar-refractivity contribution in [1.29, 1.82) is 0 Å². The Kier molecular flexibility index (Phi) is 7.99. The summed E-state index contributed by atoms with van der Waals surface area (Å²) in [6, 6.07) is 26.7. The van der Waals surface area contributed by atoms with Crippen LogP contribution in [0.1, 0.15) is 0 Å². The van der Waals surface area contributed by atoms with Gasteiger partial charge in [0.15, 0.2) is 0 Å². The summed E-state index contributed by atoms with van der Waals surface area (Å²) in [6.45, 7) is 0. The maximum Gasteiger partial charge on any atom is 0.501 e. The molecular weight excluding hydrogens is 510 g/mol. The lowest BCUT2D eigenvalue weighted by molar-refractivity contribution is 0.385. The zero-order valence-corrected chi connectivity index (χ0v) is 20.5. The molecule has 0 N–H and O–H groups in total. The maximum absolute atomic E-state index is 14.0. The first-order valence-electron chi connectivity index (χ1n) is 11.2. The Morgan fingerprint density at radius 2 is 0.895 bits per heavy atom. The van der Waals surface area contributed by atoms with E-state index in [0.29, 0.717) is 0 Å². The summed E-state index contributed by atoms with van der Waals surface area (Å²) in [5, 5.41) is 0. The predicted octanol–water partition coefficient (Wildman–Crippen LogP) is 2.86. The van der Waals surface area contributed by atoms with Crippen molar-refractivity contribution in [1.82, 2.24) is 13.9 Å². The van der Waals surface area contributed by atoms with Gasteiger partial charge in [0.25, 0.3) is 11.1 Å². The van der Waals surface area contributed by atoms with Crippen molar-refractivity contribution in [2.75, 3.05) is 0 Å². The highest BCUT2D eigenvalue weighted by molar-refractivity contribution is 7.82. The summed E-state index contributed by atoms with van der Waals surface area (Å²) < 4.78 is 38.5. The SMILES string of the molecule is O=c1c2cccccccn1-c1cccccccn(c1=O)-n1cccccccc(c1=O)OS(=O)(=O)O2. The molecule has 0 spiro atoms. The van der Waals surface area contributed by atoms with Crippen LogP contribution < -0.4 is 25.0 Å². The van der Waals surface area contributed by atoms with Gasteiger partial charge in [-0.05, 0) is 36.4 Å². The van der Waals surface area contributed by atoms with Crippen LogP contribution in [0.2, 0.25) is 0 Å². The molecule has 0 atom stereocenters. The van der Waals surface area contributed by atoms with Crippen LogP contribution in [0.15, 0.2) is 142 Å². The van der Waals surface area contributed by atoms with Gasteiger partial charge < -0.3 is 8.37 Å². The van der Waals surface area contributed by atoms with Gasteiger partial charge in [0.05, 0.1) is 0 Å². The van der Waals surface area contributed by atoms with Gasteiger partial charge in [0.2, 0.25) is 11.5 Å². The molecule has 3 aromatic heterocycles. The first-order valence-corrected chi connectivity index (χ1v) is 12.5. The molecule has 0 aliphatic carbocycles. The lowest BCUT2D eigenvalue weighted by Crippen LogP contribution is -2.37. The Hall–Kier alpha value is -5.16. The number of fused-ring (bicyclic) bond motifs is 8. The Labute approximate surface area is 217 Å². The fraction of sp³-hybridized carbons (Fsp3) is 0. The van der Waals surface area contributed by atoms with Crippen LogP contribution in [0.5, 0.6) is 11.5 Å². The number of rotatable bonds is 0. The molecule has 11 heteroatoms. The van der Waals surface area contributed by atoms with Crippen LogP contribution in [0, 0.1) is 0 Å². The van der Waals surface area contributed by atoms with E-state index < -0.39 is 38.6 Å². The summed E-state index contributed by atoms with van der Waals surface area (Å²) in [7, 11) is -4.99. The van der Waals surface area contributed by atoms with Crippen LogP contribution in [0.25, 0.3) is 5.69 Å². The smallest absolute Gasteiger partial charge is 0.347 e. The summed E-state index contributed by atoms with van der Waals surface area (Å²) in [6.07, 6.45) is 3.82. The lowest BCUT2D eigenvalue weighted by Gasteiger charge is -2.12. The molecule has 10 nitrogen and oxygen atoms in total. The molecule has 0 radical (unpaired) electrons. The van der Waals surface area contributed by atoms with Gasteiger partial charge in [0.1, 0.15) is 5.69 Å². The van der Waals surface area contributed by atoms with Gasteiger partial charge in [-0.2, -0.15) is 0 Å². The van der Waals surface area contributed by atoms with Crippen LogP contribution in [-0.2, 0) is 10.4 Å². The third-order valence-corrected chi connectivity index (χ3v) is 5.69.